The summed E-state index contributed by atoms with van der Waals surface area (Å²) in [6, 6.07) is 0.486. The van der Waals surface area contributed by atoms with Crippen LogP contribution in [0.15, 0.2) is 0 Å². The number of nitrogens with zero attached hydrogens (tertiary/aromatic N) is 2. The standard InChI is InChI=1S/C15H27N3S/c1-7-11(4)19-9-15-17-12(5)14(13(6)18-15)8-16-10(2)3/h10-11,16H,7-9H2,1-6H3. The summed E-state index contributed by atoms with van der Waals surface area (Å²) in [7, 11) is 0. The van der Waals surface area contributed by atoms with Gasteiger partial charge in [-0.05, 0) is 20.3 Å². The zero-order valence-corrected chi connectivity index (χ0v) is 13.9. The van der Waals surface area contributed by atoms with Crippen molar-refractivity contribution in [2.24, 2.45) is 0 Å². The van der Waals surface area contributed by atoms with Gasteiger partial charge in [0.05, 0.1) is 5.75 Å². The average Bonchev–Trinajstić information content (AvgIpc) is 2.34. The first-order valence-corrected chi connectivity index (χ1v) is 8.16. The average molecular weight is 281 g/mol. The quantitative estimate of drug-likeness (QED) is 0.828. The number of aromatic nitrogens is 2. The Kier molecular flexibility index (Phi) is 6.80. The van der Waals surface area contributed by atoms with Crippen LogP contribution in [0.5, 0.6) is 0 Å². The highest BCUT2D eigenvalue weighted by atomic mass is 32.2. The molecule has 1 unspecified atom stereocenters. The Hall–Kier alpha value is -0.610. The Morgan fingerprint density at radius 1 is 1.11 bits per heavy atom. The number of rotatable bonds is 7. The molecule has 1 heterocycles. The highest BCUT2D eigenvalue weighted by Gasteiger charge is 2.10. The zero-order valence-electron chi connectivity index (χ0n) is 13.1. The molecule has 1 aromatic heterocycles. The minimum absolute atomic E-state index is 0.486. The number of aryl methyl sites for hydroxylation is 2. The van der Waals surface area contributed by atoms with Crippen molar-refractivity contribution in [1.82, 2.24) is 15.3 Å². The van der Waals surface area contributed by atoms with Gasteiger partial charge in [0.15, 0.2) is 0 Å². The topological polar surface area (TPSA) is 37.8 Å². The molecule has 0 bridgehead atoms. The molecule has 19 heavy (non-hydrogen) atoms. The van der Waals surface area contributed by atoms with Gasteiger partial charge in [-0.2, -0.15) is 11.8 Å². The molecule has 108 valence electrons. The Balaban J connectivity index is 2.73. The minimum atomic E-state index is 0.486. The van der Waals surface area contributed by atoms with E-state index in [2.05, 4.69) is 56.8 Å². The fourth-order valence-corrected chi connectivity index (χ4v) is 2.57. The Bertz CT molecular complexity index is 381. The summed E-state index contributed by atoms with van der Waals surface area (Å²) in [4.78, 5) is 9.29. The smallest absolute Gasteiger partial charge is 0.138 e. The minimum Gasteiger partial charge on any atom is -0.310 e. The molecule has 0 amide bonds. The maximum absolute atomic E-state index is 4.65. The van der Waals surface area contributed by atoms with Crippen LogP contribution >= 0.6 is 11.8 Å². The first-order chi connectivity index (χ1) is 8.93. The second kappa shape index (κ2) is 7.85. The van der Waals surface area contributed by atoms with Crippen molar-refractivity contribution in [1.29, 1.82) is 0 Å². The Morgan fingerprint density at radius 2 is 1.68 bits per heavy atom. The SMILES string of the molecule is CCC(C)SCc1nc(C)c(CNC(C)C)c(C)n1. The fourth-order valence-electron chi connectivity index (χ4n) is 1.77. The van der Waals surface area contributed by atoms with Crippen molar-refractivity contribution < 1.29 is 0 Å². The lowest BCUT2D eigenvalue weighted by atomic mass is 10.1. The maximum atomic E-state index is 4.65. The van der Waals surface area contributed by atoms with Gasteiger partial charge in [0, 0.05) is 34.8 Å². The van der Waals surface area contributed by atoms with Gasteiger partial charge < -0.3 is 5.32 Å². The van der Waals surface area contributed by atoms with E-state index in [1.165, 1.54) is 12.0 Å². The van der Waals surface area contributed by atoms with Crippen LogP contribution in [-0.4, -0.2) is 21.3 Å². The van der Waals surface area contributed by atoms with Gasteiger partial charge in [-0.1, -0.05) is 27.7 Å². The molecule has 0 aliphatic carbocycles. The molecule has 0 fully saturated rings. The lowest BCUT2D eigenvalue weighted by molar-refractivity contribution is 0.582. The van der Waals surface area contributed by atoms with Gasteiger partial charge >= 0.3 is 0 Å². The molecule has 1 rings (SSSR count). The van der Waals surface area contributed by atoms with Crippen LogP contribution in [0.4, 0.5) is 0 Å². The third-order valence-electron chi connectivity index (χ3n) is 3.23. The highest BCUT2D eigenvalue weighted by Crippen LogP contribution is 2.19. The molecular formula is C15H27N3S. The molecule has 4 heteroatoms. The Morgan fingerprint density at radius 3 is 2.16 bits per heavy atom. The van der Waals surface area contributed by atoms with E-state index < -0.39 is 0 Å². The van der Waals surface area contributed by atoms with Crippen LogP contribution in [0.1, 0.15) is 56.9 Å². The number of nitrogens with one attached hydrogen (secondary N) is 1. The normalized spacial score (nSPS) is 13.0. The number of thioether (sulfide) groups is 1. The molecule has 0 saturated carbocycles. The molecule has 0 radical (unpaired) electrons. The number of hydrogen-bond acceptors (Lipinski definition) is 4. The van der Waals surface area contributed by atoms with E-state index in [-0.39, 0.29) is 0 Å². The van der Waals surface area contributed by atoms with E-state index in [0.29, 0.717) is 11.3 Å². The third kappa shape index (κ3) is 5.49. The summed E-state index contributed by atoms with van der Waals surface area (Å²) in [5.41, 5.74) is 3.46. The van der Waals surface area contributed by atoms with Gasteiger partial charge in [-0.15, -0.1) is 0 Å². The predicted octanol–water partition coefficient (Wildman–Crippen LogP) is 3.62. The van der Waals surface area contributed by atoms with Crippen LogP contribution in [0.3, 0.4) is 0 Å². The van der Waals surface area contributed by atoms with Crippen molar-refractivity contribution in [2.45, 2.75) is 71.6 Å². The summed E-state index contributed by atoms with van der Waals surface area (Å²) in [5, 5.41) is 4.11. The largest absolute Gasteiger partial charge is 0.310 e. The lowest BCUT2D eigenvalue weighted by Gasteiger charge is -2.14. The second-order valence-electron chi connectivity index (χ2n) is 5.35. The molecule has 0 aromatic carbocycles. The van der Waals surface area contributed by atoms with Gasteiger partial charge in [-0.3, -0.25) is 0 Å². The van der Waals surface area contributed by atoms with Crippen molar-refractivity contribution in [3.63, 3.8) is 0 Å². The van der Waals surface area contributed by atoms with Crippen molar-refractivity contribution >= 4 is 11.8 Å². The Labute approximate surface area is 122 Å². The van der Waals surface area contributed by atoms with Crippen molar-refractivity contribution in [3.8, 4) is 0 Å². The van der Waals surface area contributed by atoms with Crippen LogP contribution < -0.4 is 5.32 Å². The molecule has 0 saturated heterocycles. The number of hydrogen-bond donors (Lipinski definition) is 1. The molecule has 0 aliphatic heterocycles. The first kappa shape index (κ1) is 16.4. The zero-order chi connectivity index (χ0) is 14.4. The monoisotopic (exact) mass is 281 g/mol. The summed E-state index contributed by atoms with van der Waals surface area (Å²) < 4.78 is 0. The summed E-state index contributed by atoms with van der Waals surface area (Å²) >= 11 is 1.93. The summed E-state index contributed by atoms with van der Waals surface area (Å²) in [6.45, 7) is 13.8. The van der Waals surface area contributed by atoms with Crippen LogP contribution in [0.25, 0.3) is 0 Å². The van der Waals surface area contributed by atoms with E-state index >= 15 is 0 Å². The molecule has 1 N–H and O–H groups in total. The van der Waals surface area contributed by atoms with E-state index in [1.807, 2.05) is 11.8 Å². The summed E-state index contributed by atoms with van der Waals surface area (Å²) in [6.07, 6.45) is 1.19. The highest BCUT2D eigenvalue weighted by molar-refractivity contribution is 7.99. The second-order valence-corrected chi connectivity index (χ2v) is 6.78. The van der Waals surface area contributed by atoms with Gasteiger partial charge in [0.25, 0.3) is 0 Å². The van der Waals surface area contributed by atoms with E-state index in [1.54, 1.807) is 0 Å². The van der Waals surface area contributed by atoms with Gasteiger partial charge in [0.1, 0.15) is 5.82 Å². The van der Waals surface area contributed by atoms with Crippen molar-refractivity contribution in [2.75, 3.05) is 0 Å². The van der Waals surface area contributed by atoms with Crippen LogP contribution in [0, 0.1) is 13.8 Å². The molecule has 3 nitrogen and oxygen atoms in total. The van der Waals surface area contributed by atoms with E-state index in [9.17, 15) is 0 Å². The molecule has 0 aliphatic rings. The van der Waals surface area contributed by atoms with Gasteiger partial charge in [-0.25, -0.2) is 9.97 Å². The lowest BCUT2D eigenvalue weighted by Crippen LogP contribution is -2.23. The van der Waals surface area contributed by atoms with Crippen molar-refractivity contribution in [3.05, 3.63) is 22.8 Å². The molecule has 1 atom stereocenters. The van der Waals surface area contributed by atoms with Crippen LogP contribution in [0.2, 0.25) is 0 Å². The first-order valence-electron chi connectivity index (χ1n) is 7.12. The van der Waals surface area contributed by atoms with E-state index in [4.69, 9.17) is 0 Å². The molecular weight excluding hydrogens is 254 g/mol. The molecule has 0 spiro atoms. The predicted molar refractivity (Wildman–Crippen MR) is 84.5 cm³/mol. The summed E-state index contributed by atoms with van der Waals surface area (Å²) in [5.74, 6) is 1.88. The molecule has 1 aromatic rings. The van der Waals surface area contributed by atoms with E-state index in [0.717, 1.165) is 29.5 Å². The third-order valence-corrected chi connectivity index (χ3v) is 4.55. The van der Waals surface area contributed by atoms with Gasteiger partial charge in [0.2, 0.25) is 0 Å². The maximum Gasteiger partial charge on any atom is 0.138 e. The van der Waals surface area contributed by atoms with Crippen LogP contribution in [-0.2, 0) is 12.3 Å². The fraction of sp³-hybridized carbons (Fsp3) is 0.733.